The molecule has 10 heteroatoms. The molecule has 0 saturated heterocycles. The molecule has 0 aliphatic rings. The minimum atomic E-state index is -5.54. The molecule has 0 aromatic carbocycles. The molecule has 2 heterocycles. The minimum absolute atomic E-state index is 0.309. The fourth-order valence-electron chi connectivity index (χ4n) is 1.45. The van der Waals surface area contributed by atoms with E-state index in [0.717, 1.165) is 0 Å². The number of hydrogen-bond donors (Lipinski definition) is 2. The molecule has 2 rings (SSSR count). The van der Waals surface area contributed by atoms with Crippen molar-refractivity contribution in [2.45, 2.75) is 38.9 Å². The van der Waals surface area contributed by atoms with Gasteiger partial charge in [0.15, 0.2) is 5.82 Å². The molecule has 0 bridgehead atoms. The zero-order valence-electron chi connectivity index (χ0n) is 19.4. The van der Waals surface area contributed by atoms with Crippen LogP contribution in [0.25, 0.3) is 11.5 Å². The third-order valence-corrected chi connectivity index (χ3v) is 2.52. The van der Waals surface area contributed by atoms with Crippen LogP contribution in [0, 0.1) is 0 Å². The van der Waals surface area contributed by atoms with Crippen LogP contribution in [0.3, 0.4) is 0 Å². The topological polar surface area (TPSA) is 75.6 Å². The van der Waals surface area contributed by atoms with Crippen LogP contribution < -0.4 is 10.6 Å². The number of hydrogen-bond acceptors (Lipinski definition) is 6. The van der Waals surface area contributed by atoms with Gasteiger partial charge in [-0.2, -0.15) is 28.1 Å². The van der Waals surface area contributed by atoms with Crippen molar-refractivity contribution in [3.05, 3.63) is 23.3 Å². The fourth-order valence-corrected chi connectivity index (χ4v) is 1.58. The van der Waals surface area contributed by atoms with Crippen LogP contribution in [0.1, 0.15) is 30.3 Å². The molecule has 0 amide bonds. The maximum absolute atomic E-state index is 13.4. The number of pyridine rings is 1. The zero-order valence-corrected chi connectivity index (χ0v) is 13.1. The Labute approximate surface area is 151 Å². The zero-order chi connectivity index (χ0) is 23.9. The summed E-state index contributed by atoms with van der Waals surface area (Å²) < 4.78 is 92.6. The molecule has 0 spiro atoms. The van der Waals surface area contributed by atoms with E-state index < -0.39 is 59.8 Å². The summed E-state index contributed by atoms with van der Waals surface area (Å²) in [5.41, 5.74) is -0.445. The third kappa shape index (κ3) is 4.92. The predicted octanol–water partition coefficient (Wildman–Crippen LogP) is 3.77. The molecular formula is C14H16ClF3N6. The highest BCUT2D eigenvalue weighted by molar-refractivity contribution is 6.29. The number of rotatable bonds is 5. The van der Waals surface area contributed by atoms with Crippen LogP contribution >= 0.6 is 11.6 Å². The van der Waals surface area contributed by atoms with Gasteiger partial charge in [-0.15, -0.1) is 0 Å². The first kappa shape index (κ1) is 10.7. The Hall–Kier alpha value is -2.16. The normalized spacial score (nSPS) is 19.0. The summed E-state index contributed by atoms with van der Waals surface area (Å²) in [7, 11) is 0. The lowest BCUT2D eigenvalue weighted by Gasteiger charge is -2.18. The second-order valence-corrected chi connectivity index (χ2v) is 5.09. The standard InChI is InChI=1S/C14H16ClF3N6/c1-7(2)19-12-22-11(9-5-4-6-10(15)21-9)23-13(24-12)20-8(3)14(16,17)18/h4-8H,1-3H3,(H2,19,20,22,23,24)/t8-/m1/s1/i3D3,4D,5D,6D,8D. The maximum atomic E-state index is 13.4. The summed E-state index contributed by atoms with van der Waals surface area (Å²) in [6.45, 7) is -0.538. The smallest absolute Gasteiger partial charge is 0.352 e. The number of nitrogens with one attached hydrogen (secondary N) is 2. The number of nitrogens with zero attached hydrogens (tertiary/aromatic N) is 4. The summed E-state index contributed by atoms with van der Waals surface area (Å²) in [6, 6.07) is -6.29. The molecule has 2 N–H and O–H groups in total. The molecule has 1 atom stereocenters. The Kier molecular flexibility index (Phi) is 3.18. The van der Waals surface area contributed by atoms with Gasteiger partial charge in [0.2, 0.25) is 11.9 Å². The van der Waals surface area contributed by atoms with Crippen molar-refractivity contribution in [3.63, 3.8) is 0 Å². The first-order valence-electron chi connectivity index (χ1n) is 9.99. The van der Waals surface area contributed by atoms with Gasteiger partial charge in [0.1, 0.15) is 16.9 Å². The quantitative estimate of drug-likeness (QED) is 0.783. The van der Waals surface area contributed by atoms with Crippen LogP contribution in [-0.4, -0.2) is 38.2 Å². The molecule has 2 aromatic rings. The van der Waals surface area contributed by atoms with E-state index in [0.29, 0.717) is 0 Å². The molecule has 2 aromatic heterocycles. The van der Waals surface area contributed by atoms with E-state index in [4.69, 9.17) is 21.2 Å². The lowest BCUT2D eigenvalue weighted by Crippen LogP contribution is -2.34. The van der Waals surface area contributed by atoms with Gasteiger partial charge in [-0.05, 0) is 32.8 Å². The lowest BCUT2D eigenvalue weighted by molar-refractivity contribution is -0.138. The Bertz CT molecular complexity index is 972. The van der Waals surface area contributed by atoms with E-state index in [1.807, 2.05) is 0 Å². The van der Waals surface area contributed by atoms with Gasteiger partial charge in [0.25, 0.3) is 0 Å². The van der Waals surface area contributed by atoms with Gasteiger partial charge >= 0.3 is 6.18 Å². The van der Waals surface area contributed by atoms with Crippen molar-refractivity contribution in [1.29, 1.82) is 0 Å². The Balaban J connectivity index is 2.71. The molecule has 0 radical (unpaired) electrons. The molecule has 0 aliphatic heterocycles. The van der Waals surface area contributed by atoms with E-state index in [1.165, 1.54) is 5.32 Å². The van der Waals surface area contributed by atoms with Crippen LogP contribution in [0.5, 0.6) is 0 Å². The molecular weight excluding hydrogens is 345 g/mol. The molecule has 130 valence electrons. The summed E-state index contributed by atoms with van der Waals surface area (Å²) in [5.74, 6) is -1.76. The van der Waals surface area contributed by atoms with Crippen molar-refractivity contribution >= 4 is 23.5 Å². The highest BCUT2D eigenvalue weighted by atomic mass is 35.5. The minimum Gasteiger partial charge on any atom is -0.352 e. The van der Waals surface area contributed by atoms with Crippen molar-refractivity contribution in [2.24, 2.45) is 0 Å². The SMILES string of the molecule is [2H]c1c(Cl)nc(-c2nc(NC(C)C)nc(N[C@]([2H])(C([2H])([2H])[2H])C(F)(F)F)n2)c([2H])c1[2H]. The summed E-state index contributed by atoms with van der Waals surface area (Å²) in [5, 5.41) is 3.70. The second kappa shape index (κ2) is 7.16. The van der Waals surface area contributed by atoms with Gasteiger partial charge < -0.3 is 10.6 Å². The molecule has 24 heavy (non-hydrogen) atoms. The maximum Gasteiger partial charge on any atom is 0.408 e. The van der Waals surface area contributed by atoms with Crippen molar-refractivity contribution in [3.8, 4) is 11.5 Å². The highest BCUT2D eigenvalue weighted by Gasteiger charge is 2.36. The van der Waals surface area contributed by atoms with Crippen LogP contribution in [0.2, 0.25) is 5.15 Å². The summed E-state index contributed by atoms with van der Waals surface area (Å²) in [4.78, 5) is 15.0. The van der Waals surface area contributed by atoms with Gasteiger partial charge in [-0.1, -0.05) is 17.6 Å². The van der Waals surface area contributed by atoms with Gasteiger partial charge in [0, 0.05) is 10.2 Å². The number of anilines is 2. The van der Waals surface area contributed by atoms with E-state index in [1.54, 1.807) is 13.8 Å². The average molecular weight is 368 g/mol. The number of aromatic nitrogens is 4. The second-order valence-electron chi connectivity index (χ2n) is 4.73. The Morgan fingerprint density at radius 1 is 1.17 bits per heavy atom. The van der Waals surface area contributed by atoms with E-state index >= 15 is 0 Å². The number of alkyl halides is 3. The lowest BCUT2D eigenvalue weighted by atomic mass is 10.3. The van der Waals surface area contributed by atoms with Crippen LogP contribution in [-0.2, 0) is 0 Å². The summed E-state index contributed by atoms with van der Waals surface area (Å²) >= 11 is 5.77. The molecule has 6 nitrogen and oxygen atoms in total. The van der Waals surface area contributed by atoms with Crippen LogP contribution in [0.4, 0.5) is 25.1 Å². The first-order valence-corrected chi connectivity index (χ1v) is 6.87. The van der Waals surface area contributed by atoms with E-state index in [2.05, 4.69) is 25.3 Å². The predicted molar refractivity (Wildman–Crippen MR) is 86.0 cm³/mol. The van der Waals surface area contributed by atoms with Crippen molar-refractivity contribution in [1.82, 2.24) is 19.9 Å². The van der Waals surface area contributed by atoms with E-state index in [9.17, 15) is 13.2 Å². The fraction of sp³-hybridized carbons (Fsp3) is 0.429. The molecule has 0 aliphatic carbocycles. The monoisotopic (exact) mass is 367 g/mol. The van der Waals surface area contributed by atoms with Gasteiger partial charge in [-0.3, -0.25) is 0 Å². The average Bonchev–Trinajstić information content (AvgIpc) is 2.60. The Morgan fingerprint density at radius 3 is 2.42 bits per heavy atom. The van der Waals surface area contributed by atoms with Crippen molar-refractivity contribution < 1.29 is 22.8 Å². The Morgan fingerprint density at radius 2 is 1.83 bits per heavy atom. The third-order valence-electron chi connectivity index (χ3n) is 2.34. The molecule has 0 fully saturated rings. The number of halogens is 4. The molecule has 0 saturated carbocycles. The van der Waals surface area contributed by atoms with Gasteiger partial charge in [0.05, 0.1) is 5.48 Å². The van der Waals surface area contributed by atoms with E-state index in [-0.39, 0.29) is 12.0 Å². The first-order chi connectivity index (χ1) is 14.0. The van der Waals surface area contributed by atoms with Crippen molar-refractivity contribution in [2.75, 3.05) is 10.6 Å². The highest BCUT2D eigenvalue weighted by Crippen LogP contribution is 2.24. The van der Waals surface area contributed by atoms with Gasteiger partial charge in [-0.25, -0.2) is 4.98 Å². The van der Waals surface area contributed by atoms with Crippen LogP contribution in [0.15, 0.2) is 18.1 Å². The molecule has 0 unspecified atom stereocenters. The largest absolute Gasteiger partial charge is 0.408 e. The summed E-state index contributed by atoms with van der Waals surface area (Å²) in [6.07, 6.45) is -5.54.